The van der Waals surface area contributed by atoms with E-state index < -0.39 is 5.41 Å². The second kappa shape index (κ2) is 5.08. The Bertz CT molecular complexity index is 624. The van der Waals surface area contributed by atoms with Gasteiger partial charge in [0.25, 0.3) is 0 Å². The highest BCUT2D eigenvalue weighted by Crippen LogP contribution is 2.37. The summed E-state index contributed by atoms with van der Waals surface area (Å²) in [6, 6.07) is 12.0. The molecule has 0 aliphatic heterocycles. The summed E-state index contributed by atoms with van der Waals surface area (Å²) >= 11 is 0. The smallest absolute Gasteiger partial charge is 0.234 e. The fourth-order valence-electron chi connectivity index (χ4n) is 2.99. The Balaban J connectivity index is 1.91. The van der Waals surface area contributed by atoms with E-state index in [1.165, 1.54) is 5.56 Å². The molecule has 2 aromatic rings. The van der Waals surface area contributed by atoms with Gasteiger partial charge in [0.2, 0.25) is 5.91 Å². The Labute approximate surface area is 119 Å². The van der Waals surface area contributed by atoms with Crippen LogP contribution in [0.5, 0.6) is 0 Å². The summed E-state index contributed by atoms with van der Waals surface area (Å²) < 4.78 is 0. The number of amides is 1. The van der Waals surface area contributed by atoms with Gasteiger partial charge in [-0.05, 0) is 49.4 Å². The lowest BCUT2D eigenvalue weighted by Crippen LogP contribution is -2.40. The highest BCUT2D eigenvalue weighted by atomic mass is 16.2. The highest BCUT2D eigenvalue weighted by molar-refractivity contribution is 5.99. The van der Waals surface area contributed by atoms with Crippen LogP contribution in [0.1, 0.15) is 30.9 Å². The van der Waals surface area contributed by atoms with Gasteiger partial charge in [0.15, 0.2) is 0 Å². The van der Waals surface area contributed by atoms with Crippen LogP contribution in [0.2, 0.25) is 0 Å². The first-order valence-corrected chi connectivity index (χ1v) is 7.00. The van der Waals surface area contributed by atoms with Crippen LogP contribution in [0.3, 0.4) is 0 Å². The third-order valence-corrected chi connectivity index (χ3v) is 4.16. The minimum Gasteiger partial charge on any atom is -0.324 e. The third-order valence-electron chi connectivity index (χ3n) is 4.16. The molecule has 3 nitrogen and oxygen atoms in total. The third kappa shape index (κ3) is 2.20. The minimum absolute atomic E-state index is 0.0534. The van der Waals surface area contributed by atoms with E-state index in [1.54, 1.807) is 12.4 Å². The average Bonchev–Trinajstić information content (AvgIpc) is 2.49. The first-order chi connectivity index (χ1) is 9.70. The van der Waals surface area contributed by atoms with Gasteiger partial charge >= 0.3 is 0 Å². The summed E-state index contributed by atoms with van der Waals surface area (Å²) in [6.45, 7) is 2.04. The normalized spacial score (nSPS) is 21.1. The van der Waals surface area contributed by atoms with E-state index in [-0.39, 0.29) is 5.91 Å². The number of fused-ring (bicyclic) bond motifs is 1. The number of aryl methyl sites for hydroxylation is 1. The molecule has 1 heterocycles. The molecule has 0 spiro atoms. The lowest BCUT2D eigenvalue weighted by atomic mass is 9.70. The van der Waals surface area contributed by atoms with E-state index in [2.05, 4.69) is 22.4 Å². The molecule has 3 rings (SSSR count). The number of hydrogen-bond donors (Lipinski definition) is 1. The molecular weight excluding hydrogens is 248 g/mol. The van der Waals surface area contributed by atoms with Gasteiger partial charge in [0, 0.05) is 6.20 Å². The van der Waals surface area contributed by atoms with Crippen molar-refractivity contribution in [1.29, 1.82) is 0 Å². The van der Waals surface area contributed by atoms with E-state index in [9.17, 15) is 4.79 Å². The van der Waals surface area contributed by atoms with Gasteiger partial charge in [-0.1, -0.05) is 24.3 Å². The van der Waals surface area contributed by atoms with Crippen LogP contribution in [0, 0.1) is 0 Å². The van der Waals surface area contributed by atoms with Crippen molar-refractivity contribution in [3.8, 4) is 0 Å². The molecule has 1 N–H and O–H groups in total. The van der Waals surface area contributed by atoms with E-state index in [0.717, 1.165) is 30.5 Å². The van der Waals surface area contributed by atoms with Gasteiger partial charge in [-0.25, -0.2) is 0 Å². The maximum absolute atomic E-state index is 12.7. The number of aromatic nitrogens is 1. The van der Waals surface area contributed by atoms with Crippen LogP contribution in [-0.4, -0.2) is 10.9 Å². The fourth-order valence-corrected chi connectivity index (χ4v) is 2.99. The molecule has 0 saturated carbocycles. The topological polar surface area (TPSA) is 42.0 Å². The van der Waals surface area contributed by atoms with Crippen molar-refractivity contribution >= 4 is 11.6 Å². The Kier molecular flexibility index (Phi) is 3.26. The number of hydrogen-bond acceptors (Lipinski definition) is 2. The zero-order chi connectivity index (χ0) is 14.0. The van der Waals surface area contributed by atoms with Crippen molar-refractivity contribution in [1.82, 2.24) is 4.98 Å². The number of nitrogens with one attached hydrogen (secondary N) is 1. The standard InChI is InChI=1S/C17H18N2O/c1-17(16(20)19-14-8-5-11-18-12-14)10-4-7-13-6-2-3-9-15(13)17/h2-3,5-6,8-9,11-12H,4,7,10H2,1H3,(H,19,20). The van der Waals surface area contributed by atoms with E-state index in [4.69, 9.17) is 0 Å². The molecule has 102 valence electrons. The van der Waals surface area contributed by atoms with Gasteiger partial charge in [0.05, 0.1) is 17.3 Å². The molecule has 1 amide bonds. The van der Waals surface area contributed by atoms with Crippen LogP contribution >= 0.6 is 0 Å². The number of benzene rings is 1. The van der Waals surface area contributed by atoms with Gasteiger partial charge in [0.1, 0.15) is 0 Å². The summed E-state index contributed by atoms with van der Waals surface area (Å²) in [5.74, 6) is 0.0534. The fraction of sp³-hybridized carbons (Fsp3) is 0.294. The Morgan fingerprint density at radius 3 is 2.90 bits per heavy atom. The predicted molar refractivity (Wildman–Crippen MR) is 79.6 cm³/mol. The molecule has 0 fully saturated rings. The largest absolute Gasteiger partial charge is 0.324 e. The van der Waals surface area contributed by atoms with Crippen LogP contribution in [-0.2, 0) is 16.6 Å². The zero-order valence-corrected chi connectivity index (χ0v) is 11.6. The summed E-state index contributed by atoms with van der Waals surface area (Å²) in [5.41, 5.74) is 2.75. The quantitative estimate of drug-likeness (QED) is 0.906. The van der Waals surface area contributed by atoms with Crippen molar-refractivity contribution in [2.24, 2.45) is 0 Å². The number of rotatable bonds is 2. The van der Waals surface area contributed by atoms with E-state index >= 15 is 0 Å². The number of pyridine rings is 1. The number of carbonyl (C=O) groups is 1. The Morgan fingerprint density at radius 2 is 2.10 bits per heavy atom. The van der Waals surface area contributed by atoms with Crippen molar-refractivity contribution < 1.29 is 4.79 Å². The number of nitrogens with zero attached hydrogens (tertiary/aromatic N) is 1. The Morgan fingerprint density at radius 1 is 1.25 bits per heavy atom. The maximum atomic E-state index is 12.7. The van der Waals surface area contributed by atoms with Crippen molar-refractivity contribution in [3.05, 3.63) is 59.9 Å². The highest BCUT2D eigenvalue weighted by Gasteiger charge is 2.38. The van der Waals surface area contributed by atoms with Gasteiger partial charge in [-0.15, -0.1) is 0 Å². The average molecular weight is 266 g/mol. The van der Waals surface area contributed by atoms with Crippen LogP contribution in [0.25, 0.3) is 0 Å². The monoisotopic (exact) mass is 266 g/mol. The second-order valence-corrected chi connectivity index (χ2v) is 5.54. The first kappa shape index (κ1) is 12.9. The molecule has 1 unspecified atom stereocenters. The molecule has 0 bridgehead atoms. The Hall–Kier alpha value is -2.16. The molecule has 0 saturated heterocycles. The lowest BCUT2D eigenvalue weighted by Gasteiger charge is -2.34. The summed E-state index contributed by atoms with van der Waals surface area (Å²) in [5, 5.41) is 2.99. The van der Waals surface area contributed by atoms with E-state index in [1.807, 2.05) is 31.2 Å². The summed E-state index contributed by atoms with van der Waals surface area (Å²) in [4.78, 5) is 16.7. The van der Waals surface area contributed by atoms with Gasteiger partial charge in [-0.3, -0.25) is 9.78 Å². The molecule has 0 radical (unpaired) electrons. The predicted octanol–water partition coefficient (Wildman–Crippen LogP) is 3.31. The van der Waals surface area contributed by atoms with Crippen LogP contribution in [0.15, 0.2) is 48.8 Å². The molecule has 3 heteroatoms. The van der Waals surface area contributed by atoms with Crippen molar-refractivity contribution in [2.45, 2.75) is 31.6 Å². The van der Waals surface area contributed by atoms with Crippen LogP contribution < -0.4 is 5.32 Å². The molecular formula is C17H18N2O. The van der Waals surface area contributed by atoms with Gasteiger partial charge in [-0.2, -0.15) is 0 Å². The maximum Gasteiger partial charge on any atom is 0.234 e. The molecule has 1 aromatic heterocycles. The van der Waals surface area contributed by atoms with Gasteiger partial charge < -0.3 is 5.32 Å². The number of anilines is 1. The summed E-state index contributed by atoms with van der Waals surface area (Å²) in [7, 11) is 0. The van der Waals surface area contributed by atoms with E-state index in [0.29, 0.717) is 0 Å². The second-order valence-electron chi connectivity index (χ2n) is 5.54. The van der Waals surface area contributed by atoms with Crippen LogP contribution in [0.4, 0.5) is 5.69 Å². The lowest BCUT2D eigenvalue weighted by molar-refractivity contribution is -0.121. The SMILES string of the molecule is CC1(C(=O)Nc2cccnc2)CCCc2ccccc21. The molecule has 1 aliphatic rings. The zero-order valence-electron chi connectivity index (χ0n) is 11.6. The molecule has 1 atom stereocenters. The summed E-state index contributed by atoms with van der Waals surface area (Å²) in [6.07, 6.45) is 6.37. The first-order valence-electron chi connectivity index (χ1n) is 7.00. The molecule has 1 aliphatic carbocycles. The number of carbonyl (C=O) groups excluding carboxylic acids is 1. The van der Waals surface area contributed by atoms with Crippen molar-refractivity contribution in [2.75, 3.05) is 5.32 Å². The van der Waals surface area contributed by atoms with Crippen molar-refractivity contribution in [3.63, 3.8) is 0 Å². The molecule has 20 heavy (non-hydrogen) atoms. The molecule has 1 aromatic carbocycles. The minimum atomic E-state index is -0.454.